The van der Waals surface area contributed by atoms with E-state index in [0.29, 0.717) is 5.56 Å². The van der Waals surface area contributed by atoms with E-state index in [1.165, 1.54) is 18.2 Å². The first-order valence-corrected chi connectivity index (χ1v) is 6.32. The monoisotopic (exact) mass is 294 g/mol. The molecule has 0 fully saturated rings. The van der Waals surface area contributed by atoms with Gasteiger partial charge in [-0.25, -0.2) is 0 Å². The second-order valence-corrected chi connectivity index (χ2v) is 4.65. The molecule has 1 unspecified atom stereocenters. The van der Waals surface area contributed by atoms with Crippen LogP contribution >= 0.6 is 0 Å². The third-order valence-electron chi connectivity index (χ3n) is 3.22. The highest BCUT2D eigenvalue weighted by molar-refractivity contribution is 5.69. The molecule has 2 nitrogen and oxygen atoms in total. The lowest BCUT2D eigenvalue weighted by molar-refractivity contribution is -0.140. The van der Waals surface area contributed by atoms with E-state index in [0.717, 1.165) is 6.07 Å². The van der Waals surface area contributed by atoms with Crippen molar-refractivity contribution in [3.63, 3.8) is 0 Å². The Morgan fingerprint density at radius 2 is 1.57 bits per heavy atom. The topological polar surface area (TPSA) is 37.3 Å². The van der Waals surface area contributed by atoms with E-state index in [4.69, 9.17) is 5.11 Å². The number of benzene rings is 2. The van der Waals surface area contributed by atoms with Gasteiger partial charge < -0.3 is 5.11 Å². The molecule has 1 atom stereocenters. The number of alkyl halides is 3. The molecule has 0 saturated carbocycles. The van der Waals surface area contributed by atoms with Gasteiger partial charge in [0.1, 0.15) is 0 Å². The quantitative estimate of drug-likeness (QED) is 0.912. The van der Waals surface area contributed by atoms with Crippen LogP contribution in [0.25, 0.3) is 0 Å². The lowest BCUT2D eigenvalue weighted by Gasteiger charge is -2.21. The van der Waals surface area contributed by atoms with Crippen LogP contribution in [0.3, 0.4) is 0 Å². The fourth-order valence-electron chi connectivity index (χ4n) is 2.33. The van der Waals surface area contributed by atoms with Crippen LogP contribution in [-0.2, 0) is 11.0 Å². The lowest BCUT2D eigenvalue weighted by Crippen LogP contribution is -2.15. The zero-order valence-electron chi connectivity index (χ0n) is 11.0. The van der Waals surface area contributed by atoms with Crippen molar-refractivity contribution < 1.29 is 23.1 Å². The summed E-state index contributed by atoms with van der Waals surface area (Å²) in [6.45, 7) is 0. The highest BCUT2D eigenvalue weighted by Gasteiger charge is 2.35. The number of aliphatic carboxylic acids is 1. The Morgan fingerprint density at radius 3 is 2.14 bits per heavy atom. The first-order valence-electron chi connectivity index (χ1n) is 6.32. The maximum atomic E-state index is 13.1. The van der Waals surface area contributed by atoms with Crippen molar-refractivity contribution in [3.05, 3.63) is 71.3 Å². The van der Waals surface area contributed by atoms with Gasteiger partial charge in [0.15, 0.2) is 0 Å². The van der Waals surface area contributed by atoms with Crippen LogP contribution in [0.15, 0.2) is 54.6 Å². The highest BCUT2D eigenvalue weighted by atomic mass is 19.4. The number of carboxylic acid groups (broad SMARTS) is 1. The maximum Gasteiger partial charge on any atom is 0.416 e. The van der Waals surface area contributed by atoms with Crippen molar-refractivity contribution in [2.45, 2.75) is 18.5 Å². The normalized spacial score (nSPS) is 12.9. The first-order chi connectivity index (χ1) is 9.89. The van der Waals surface area contributed by atoms with Crippen LogP contribution in [0.4, 0.5) is 13.2 Å². The lowest BCUT2D eigenvalue weighted by atomic mass is 9.85. The Hall–Kier alpha value is -2.30. The Bertz CT molecular complexity index is 621. The summed E-state index contributed by atoms with van der Waals surface area (Å²) in [5.41, 5.74) is -0.254. The van der Waals surface area contributed by atoms with Crippen molar-refractivity contribution in [1.29, 1.82) is 0 Å². The van der Waals surface area contributed by atoms with Crippen molar-refractivity contribution >= 4 is 5.97 Å². The summed E-state index contributed by atoms with van der Waals surface area (Å²) < 4.78 is 39.3. The van der Waals surface area contributed by atoms with E-state index < -0.39 is 30.0 Å². The summed E-state index contributed by atoms with van der Waals surface area (Å²) in [7, 11) is 0. The molecule has 2 aromatic rings. The molecular formula is C16H13F3O2. The van der Waals surface area contributed by atoms with Gasteiger partial charge >= 0.3 is 12.1 Å². The average Bonchev–Trinajstić information content (AvgIpc) is 2.44. The molecule has 0 heterocycles. The molecule has 0 radical (unpaired) electrons. The standard InChI is InChI=1S/C16H13F3O2/c17-16(18,19)14-9-5-4-8-12(14)13(10-15(20)21)11-6-2-1-3-7-11/h1-9,13H,10H2,(H,20,21). The van der Waals surface area contributed by atoms with Crippen molar-refractivity contribution in [2.24, 2.45) is 0 Å². The Kier molecular flexibility index (Phi) is 4.31. The second kappa shape index (κ2) is 5.99. The van der Waals surface area contributed by atoms with E-state index >= 15 is 0 Å². The number of hydrogen-bond donors (Lipinski definition) is 1. The molecule has 2 rings (SSSR count). The molecule has 2 aromatic carbocycles. The third kappa shape index (κ3) is 3.62. The van der Waals surface area contributed by atoms with E-state index in [1.807, 2.05) is 0 Å². The van der Waals surface area contributed by atoms with Gasteiger partial charge in [-0.1, -0.05) is 48.5 Å². The number of carboxylic acids is 1. The van der Waals surface area contributed by atoms with Gasteiger partial charge in [-0.2, -0.15) is 13.2 Å². The van der Waals surface area contributed by atoms with Crippen LogP contribution in [0.5, 0.6) is 0 Å². The Morgan fingerprint density at radius 1 is 1.00 bits per heavy atom. The fraction of sp³-hybridized carbons (Fsp3) is 0.188. The molecular weight excluding hydrogens is 281 g/mol. The van der Waals surface area contributed by atoms with Gasteiger partial charge in [-0.15, -0.1) is 0 Å². The maximum absolute atomic E-state index is 13.1. The molecule has 0 amide bonds. The van der Waals surface area contributed by atoms with E-state index in [9.17, 15) is 18.0 Å². The fourth-order valence-corrected chi connectivity index (χ4v) is 2.33. The molecule has 0 aliphatic heterocycles. The molecule has 0 aliphatic carbocycles. The van der Waals surface area contributed by atoms with E-state index in [-0.39, 0.29) is 5.56 Å². The highest BCUT2D eigenvalue weighted by Crippen LogP contribution is 2.38. The molecule has 5 heteroatoms. The molecule has 21 heavy (non-hydrogen) atoms. The number of hydrogen-bond acceptors (Lipinski definition) is 1. The summed E-state index contributed by atoms with van der Waals surface area (Å²) in [5.74, 6) is -1.97. The van der Waals surface area contributed by atoms with Gasteiger partial charge in [0.2, 0.25) is 0 Å². The smallest absolute Gasteiger partial charge is 0.416 e. The molecule has 1 N–H and O–H groups in total. The van der Waals surface area contributed by atoms with Gasteiger partial charge in [-0.3, -0.25) is 4.79 Å². The number of rotatable bonds is 4. The summed E-state index contributed by atoms with van der Waals surface area (Å²) in [6.07, 6.45) is -4.90. The van der Waals surface area contributed by atoms with Crippen molar-refractivity contribution in [1.82, 2.24) is 0 Å². The minimum absolute atomic E-state index is 0.0152. The van der Waals surface area contributed by atoms with Crippen LogP contribution in [0.1, 0.15) is 29.0 Å². The number of carbonyl (C=O) groups is 1. The first kappa shape index (κ1) is 15.1. The predicted molar refractivity (Wildman–Crippen MR) is 72.0 cm³/mol. The Labute approximate surface area is 119 Å². The van der Waals surface area contributed by atoms with Gasteiger partial charge in [0.25, 0.3) is 0 Å². The van der Waals surface area contributed by atoms with E-state index in [1.54, 1.807) is 30.3 Å². The van der Waals surface area contributed by atoms with Gasteiger partial charge in [-0.05, 0) is 17.2 Å². The average molecular weight is 294 g/mol. The molecule has 0 aromatic heterocycles. The third-order valence-corrected chi connectivity index (χ3v) is 3.22. The summed E-state index contributed by atoms with van der Waals surface area (Å²) in [6, 6.07) is 13.5. The zero-order valence-corrected chi connectivity index (χ0v) is 11.0. The van der Waals surface area contributed by atoms with Gasteiger partial charge in [0, 0.05) is 5.92 Å². The second-order valence-electron chi connectivity index (χ2n) is 4.65. The van der Waals surface area contributed by atoms with Crippen molar-refractivity contribution in [2.75, 3.05) is 0 Å². The summed E-state index contributed by atoms with van der Waals surface area (Å²) in [5, 5.41) is 9.02. The van der Waals surface area contributed by atoms with Crippen molar-refractivity contribution in [3.8, 4) is 0 Å². The minimum atomic E-state index is -4.51. The molecule has 0 saturated heterocycles. The van der Waals surface area contributed by atoms with E-state index in [2.05, 4.69) is 0 Å². The Balaban J connectivity index is 2.55. The molecule has 110 valence electrons. The van der Waals surface area contributed by atoms with Gasteiger partial charge in [0.05, 0.1) is 12.0 Å². The largest absolute Gasteiger partial charge is 0.481 e. The zero-order chi connectivity index (χ0) is 15.5. The molecule has 0 bridgehead atoms. The minimum Gasteiger partial charge on any atom is -0.481 e. The number of halogens is 3. The van der Waals surface area contributed by atoms with Crippen LogP contribution in [0, 0.1) is 0 Å². The van der Waals surface area contributed by atoms with Crippen LogP contribution in [-0.4, -0.2) is 11.1 Å². The van der Waals surface area contributed by atoms with Crippen LogP contribution < -0.4 is 0 Å². The SMILES string of the molecule is O=C(O)CC(c1ccccc1)c1ccccc1C(F)(F)F. The molecule has 0 aliphatic rings. The summed E-state index contributed by atoms with van der Waals surface area (Å²) in [4.78, 5) is 11.0. The van der Waals surface area contributed by atoms with Crippen LogP contribution in [0.2, 0.25) is 0 Å². The predicted octanol–water partition coefficient (Wildman–Crippen LogP) is 4.31. The molecule has 0 spiro atoms. The summed E-state index contributed by atoms with van der Waals surface area (Å²) >= 11 is 0.